The summed E-state index contributed by atoms with van der Waals surface area (Å²) in [5, 5.41) is 9.71. The molecule has 1 aromatic carbocycles. The summed E-state index contributed by atoms with van der Waals surface area (Å²) in [5.74, 6) is -0.556. The summed E-state index contributed by atoms with van der Waals surface area (Å²) in [6.07, 6.45) is 0.347. The Morgan fingerprint density at radius 2 is 1.97 bits per heavy atom. The van der Waals surface area contributed by atoms with Crippen LogP contribution in [-0.4, -0.2) is 61.5 Å². The first-order valence-corrected chi connectivity index (χ1v) is 11.6. The van der Waals surface area contributed by atoms with Crippen LogP contribution in [-0.2, 0) is 14.9 Å². The SMILES string of the molecule is CCN(CCCS(=O)(=O)O)c1ccc2nc3ccc(=[N+](C)CCC(=O)O)cc-3oc2c1.Cl. The second-order valence-corrected chi connectivity index (χ2v) is 8.87. The molecule has 0 radical (unpaired) electrons. The van der Waals surface area contributed by atoms with Crippen LogP contribution in [0.1, 0.15) is 19.8 Å². The average Bonchev–Trinajstić information content (AvgIpc) is 2.72. The molecule has 0 saturated carbocycles. The molecule has 11 heteroatoms. The fourth-order valence-electron chi connectivity index (χ4n) is 3.34. The van der Waals surface area contributed by atoms with Crippen molar-refractivity contribution >= 4 is 45.3 Å². The number of rotatable bonds is 9. The van der Waals surface area contributed by atoms with E-state index in [0.29, 0.717) is 48.6 Å². The van der Waals surface area contributed by atoms with Gasteiger partial charge in [-0.25, -0.2) is 9.56 Å². The minimum absolute atomic E-state index is 0. The van der Waals surface area contributed by atoms with E-state index in [9.17, 15) is 13.2 Å². The van der Waals surface area contributed by atoms with Gasteiger partial charge in [-0.05, 0) is 31.5 Å². The maximum absolute atomic E-state index is 11.0. The number of anilines is 1. The normalized spacial score (nSPS) is 12.5. The van der Waals surface area contributed by atoms with Gasteiger partial charge >= 0.3 is 5.97 Å². The van der Waals surface area contributed by atoms with Crippen LogP contribution >= 0.6 is 12.4 Å². The van der Waals surface area contributed by atoms with Crippen LogP contribution in [0.25, 0.3) is 22.6 Å². The Hall–Kier alpha value is -2.69. The highest BCUT2D eigenvalue weighted by molar-refractivity contribution is 7.85. The molecule has 1 aliphatic heterocycles. The zero-order valence-electron chi connectivity index (χ0n) is 17.9. The molecule has 1 heterocycles. The second kappa shape index (κ2) is 10.8. The Balaban J connectivity index is 0.00000363. The molecule has 0 aromatic heterocycles. The molecule has 32 heavy (non-hydrogen) atoms. The summed E-state index contributed by atoms with van der Waals surface area (Å²) >= 11 is 0. The van der Waals surface area contributed by atoms with E-state index in [0.717, 1.165) is 11.0 Å². The van der Waals surface area contributed by atoms with Crippen LogP contribution in [0.3, 0.4) is 0 Å². The third-order valence-corrected chi connectivity index (χ3v) is 5.83. The molecule has 2 N–H and O–H groups in total. The maximum atomic E-state index is 11.0. The van der Waals surface area contributed by atoms with E-state index >= 15 is 0 Å². The van der Waals surface area contributed by atoms with Crippen LogP contribution in [0.15, 0.2) is 40.8 Å². The zero-order valence-corrected chi connectivity index (χ0v) is 19.5. The Bertz CT molecular complexity index is 1240. The van der Waals surface area contributed by atoms with Gasteiger partial charge in [0.2, 0.25) is 5.36 Å². The molecule has 1 aliphatic carbocycles. The number of aromatic nitrogens is 1. The van der Waals surface area contributed by atoms with Crippen molar-refractivity contribution in [1.29, 1.82) is 0 Å². The van der Waals surface area contributed by atoms with Gasteiger partial charge in [0.1, 0.15) is 24.7 Å². The van der Waals surface area contributed by atoms with Gasteiger partial charge in [-0.1, -0.05) is 0 Å². The van der Waals surface area contributed by atoms with E-state index in [4.69, 9.17) is 14.1 Å². The van der Waals surface area contributed by atoms with Gasteiger partial charge in [0.05, 0.1) is 11.8 Å². The molecule has 2 aliphatic rings. The van der Waals surface area contributed by atoms with Crippen LogP contribution in [0.2, 0.25) is 0 Å². The van der Waals surface area contributed by atoms with E-state index < -0.39 is 16.1 Å². The minimum atomic E-state index is -3.98. The molecule has 0 bridgehead atoms. The van der Waals surface area contributed by atoms with Gasteiger partial charge < -0.3 is 14.4 Å². The molecule has 0 saturated heterocycles. The lowest BCUT2D eigenvalue weighted by Gasteiger charge is -2.23. The van der Waals surface area contributed by atoms with Crippen LogP contribution in [0.4, 0.5) is 5.69 Å². The highest BCUT2D eigenvalue weighted by Crippen LogP contribution is 2.27. The second-order valence-electron chi connectivity index (χ2n) is 7.30. The molecule has 0 amide bonds. The van der Waals surface area contributed by atoms with Crippen molar-refractivity contribution in [3.05, 3.63) is 41.8 Å². The Morgan fingerprint density at radius 3 is 2.62 bits per heavy atom. The first kappa shape index (κ1) is 25.6. The fraction of sp³-hybridized carbons (Fsp3) is 0.381. The smallest absolute Gasteiger partial charge is 0.309 e. The number of halogens is 1. The monoisotopic (exact) mass is 484 g/mol. The molecule has 3 rings (SSSR count). The maximum Gasteiger partial charge on any atom is 0.309 e. The number of hydrogen-bond donors (Lipinski definition) is 2. The molecule has 0 atom stereocenters. The van der Waals surface area contributed by atoms with Gasteiger partial charge in [0.25, 0.3) is 10.1 Å². The highest BCUT2D eigenvalue weighted by atomic mass is 35.5. The van der Waals surface area contributed by atoms with E-state index in [1.54, 1.807) is 0 Å². The van der Waals surface area contributed by atoms with Crippen LogP contribution < -0.4 is 14.8 Å². The lowest BCUT2D eigenvalue weighted by atomic mass is 10.2. The Labute approximate surface area is 192 Å². The number of carboxylic acid groups (broad SMARTS) is 1. The molecule has 1 aromatic rings. The van der Waals surface area contributed by atoms with Gasteiger partial charge in [0.15, 0.2) is 17.9 Å². The van der Waals surface area contributed by atoms with Crippen molar-refractivity contribution in [2.24, 2.45) is 0 Å². The number of benzene rings is 2. The van der Waals surface area contributed by atoms with E-state index in [1.807, 2.05) is 59.8 Å². The number of hydrogen-bond acceptors (Lipinski definition) is 6. The van der Waals surface area contributed by atoms with Gasteiger partial charge in [-0.3, -0.25) is 9.35 Å². The van der Waals surface area contributed by atoms with Crippen molar-refractivity contribution in [2.45, 2.75) is 19.8 Å². The molecular weight excluding hydrogens is 458 g/mol. The van der Waals surface area contributed by atoms with Gasteiger partial charge in [0, 0.05) is 30.9 Å². The summed E-state index contributed by atoms with van der Waals surface area (Å²) in [6.45, 7) is 3.48. The Kier molecular flexibility index (Phi) is 8.59. The molecule has 9 nitrogen and oxygen atoms in total. The predicted octanol–water partition coefficient (Wildman–Crippen LogP) is 2.34. The van der Waals surface area contributed by atoms with Crippen molar-refractivity contribution in [2.75, 3.05) is 37.3 Å². The molecule has 0 unspecified atom stereocenters. The average molecular weight is 485 g/mol. The predicted molar refractivity (Wildman–Crippen MR) is 125 cm³/mol. The molecule has 0 spiro atoms. The largest absolute Gasteiger partial charge is 0.481 e. The lowest BCUT2D eigenvalue weighted by Crippen LogP contribution is -2.28. The summed E-state index contributed by atoms with van der Waals surface area (Å²) < 4.78 is 38.8. The van der Waals surface area contributed by atoms with E-state index in [2.05, 4.69) is 4.98 Å². The van der Waals surface area contributed by atoms with Crippen LogP contribution in [0.5, 0.6) is 0 Å². The minimum Gasteiger partial charge on any atom is -0.481 e. The topological polar surface area (TPSA) is 124 Å². The molecule has 174 valence electrons. The van der Waals surface area contributed by atoms with Gasteiger partial charge in [-0.15, -0.1) is 12.4 Å². The Morgan fingerprint density at radius 1 is 1.22 bits per heavy atom. The summed E-state index contributed by atoms with van der Waals surface area (Å²) in [7, 11) is -2.16. The number of fused-ring (bicyclic) bond motifs is 2. The van der Waals surface area contributed by atoms with Crippen molar-refractivity contribution < 1.29 is 27.3 Å². The standard InChI is InChI=1S/C21H25N3O6S.ClH/c1-3-24(10-4-12-31(27,28)29)16-6-8-18-20(14-16)30-19-13-15(5-7-17(19)22-18)23(2)11-9-21(25)26;/h5-8,13-14H,3-4,9-12H2,1-2H3,(H-,25,26,27,28,29);1H/p+1. The fourth-order valence-corrected chi connectivity index (χ4v) is 3.83. The summed E-state index contributed by atoms with van der Waals surface area (Å²) in [5.41, 5.74) is 2.84. The number of nitrogens with zero attached hydrogens (tertiary/aromatic N) is 3. The van der Waals surface area contributed by atoms with E-state index in [-0.39, 0.29) is 24.6 Å². The highest BCUT2D eigenvalue weighted by Gasteiger charge is 2.14. The van der Waals surface area contributed by atoms with Gasteiger partial charge in [-0.2, -0.15) is 8.42 Å². The number of aliphatic carboxylic acids is 1. The van der Waals surface area contributed by atoms with Crippen molar-refractivity contribution in [3.8, 4) is 11.5 Å². The summed E-state index contributed by atoms with van der Waals surface area (Å²) in [4.78, 5) is 17.5. The first-order chi connectivity index (χ1) is 14.7. The lowest BCUT2D eigenvalue weighted by molar-refractivity contribution is -0.136. The van der Waals surface area contributed by atoms with Crippen molar-refractivity contribution in [3.63, 3.8) is 0 Å². The first-order valence-electron chi connectivity index (χ1n) is 9.97. The number of carbonyl (C=O) groups is 1. The van der Waals surface area contributed by atoms with Crippen LogP contribution in [0, 0.1) is 0 Å². The zero-order chi connectivity index (χ0) is 22.6. The third kappa shape index (κ3) is 6.65. The van der Waals surface area contributed by atoms with Crippen molar-refractivity contribution in [1.82, 2.24) is 9.56 Å². The molecular formula is C21H27ClN3O6S+. The summed E-state index contributed by atoms with van der Waals surface area (Å²) in [6, 6.07) is 11.2. The molecule has 0 fully saturated rings. The number of carboxylic acids is 1. The third-order valence-electron chi connectivity index (χ3n) is 5.03. The van der Waals surface area contributed by atoms with E-state index in [1.165, 1.54) is 0 Å². The quantitative estimate of drug-likeness (QED) is 0.269.